The second-order valence-corrected chi connectivity index (χ2v) is 13.6. The van der Waals surface area contributed by atoms with Gasteiger partial charge in [0.2, 0.25) is 11.8 Å². The molecule has 4 aromatic carbocycles. The number of nitro benzene ring substituents is 1. The highest BCUT2D eigenvalue weighted by Gasteiger charge is 2.35. The van der Waals surface area contributed by atoms with Crippen LogP contribution in [0.4, 0.5) is 11.4 Å². The van der Waals surface area contributed by atoms with E-state index in [0.29, 0.717) is 17.0 Å². The minimum atomic E-state index is -4.41. The standard InChI is InChI=1S/C34H34Cl2N4O6S/c1-3-24(2)37-34(42)32(20-25-11-6-4-7-12-25)38(22-26-17-18-30(35)31(36)19-26)33(41)23-39(27-13-10-14-28(21-27)40(43)44)47(45,46)29-15-8-5-9-16-29/h4-19,21,24,32H,3,20,22-23H2,1-2H3,(H,37,42)/t24-,32-/m0/s1. The fraction of sp³-hybridized carbons (Fsp3) is 0.235. The lowest BCUT2D eigenvalue weighted by molar-refractivity contribution is -0.384. The number of anilines is 1. The normalized spacial score (nSPS) is 12.5. The summed E-state index contributed by atoms with van der Waals surface area (Å²) >= 11 is 12.5. The van der Waals surface area contributed by atoms with Crippen LogP contribution in [0.15, 0.2) is 108 Å². The molecule has 0 saturated carbocycles. The Labute approximate surface area is 284 Å². The number of nitrogens with one attached hydrogen (secondary N) is 1. The molecule has 0 fully saturated rings. The van der Waals surface area contributed by atoms with E-state index in [1.165, 1.54) is 47.4 Å². The van der Waals surface area contributed by atoms with E-state index in [1.807, 2.05) is 44.2 Å². The smallest absolute Gasteiger partial charge is 0.271 e. The first-order chi connectivity index (χ1) is 22.4. The molecule has 10 nitrogen and oxygen atoms in total. The average molecular weight is 698 g/mol. The van der Waals surface area contributed by atoms with Crippen molar-refractivity contribution < 1.29 is 22.9 Å². The molecule has 0 aliphatic rings. The van der Waals surface area contributed by atoms with Crippen LogP contribution >= 0.6 is 23.2 Å². The lowest BCUT2D eigenvalue weighted by Gasteiger charge is -2.34. The van der Waals surface area contributed by atoms with Crippen LogP contribution in [0.2, 0.25) is 10.0 Å². The molecule has 4 aromatic rings. The van der Waals surface area contributed by atoms with Crippen molar-refractivity contribution in [3.8, 4) is 0 Å². The van der Waals surface area contributed by atoms with Crippen LogP contribution in [-0.2, 0) is 32.6 Å². The molecule has 13 heteroatoms. The zero-order chi connectivity index (χ0) is 34.1. The number of amides is 2. The van der Waals surface area contributed by atoms with E-state index in [2.05, 4.69) is 5.32 Å². The third-order valence-corrected chi connectivity index (χ3v) is 10.1. The lowest BCUT2D eigenvalue weighted by atomic mass is 10.0. The third-order valence-electron chi connectivity index (χ3n) is 7.55. The van der Waals surface area contributed by atoms with E-state index in [4.69, 9.17) is 23.2 Å². The number of carbonyl (C=O) groups excluding carboxylic acids is 2. The second kappa shape index (κ2) is 15.9. The largest absolute Gasteiger partial charge is 0.352 e. The summed E-state index contributed by atoms with van der Waals surface area (Å²) in [5.74, 6) is -1.15. The number of nitrogens with zero attached hydrogens (tertiary/aromatic N) is 3. The molecule has 0 aromatic heterocycles. The zero-order valence-electron chi connectivity index (χ0n) is 25.8. The molecule has 4 rings (SSSR count). The van der Waals surface area contributed by atoms with Crippen molar-refractivity contribution in [2.24, 2.45) is 0 Å². The van der Waals surface area contributed by atoms with Crippen LogP contribution in [0.3, 0.4) is 0 Å². The van der Waals surface area contributed by atoms with E-state index in [9.17, 15) is 28.1 Å². The minimum absolute atomic E-state index is 0.0884. The minimum Gasteiger partial charge on any atom is -0.352 e. The van der Waals surface area contributed by atoms with Gasteiger partial charge in [-0.05, 0) is 54.8 Å². The summed E-state index contributed by atoms with van der Waals surface area (Å²) in [5, 5.41) is 15.1. The fourth-order valence-electron chi connectivity index (χ4n) is 4.84. The van der Waals surface area contributed by atoms with E-state index in [0.717, 1.165) is 15.9 Å². The Morgan fingerprint density at radius 3 is 2.15 bits per heavy atom. The van der Waals surface area contributed by atoms with Crippen LogP contribution in [0.1, 0.15) is 31.4 Å². The van der Waals surface area contributed by atoms with E-state index in [-0.39, 0.29) is 40.3 Å². The first-order valence-electron chi connectivity index (χ1n) is 14.8. The summed E-state index contributed by atoms with van der Waals surface area (Å²) in [6.45, 7) is 2.89. The van der Waals surface area contributed by atoms with E-state index >= 15 is 0 Å². The van der Waals surface area contributed by atoms with Crippen LogP contribution in [-0.4, -0.2) is 48.7 Å². The molecule has 0 heterocycles. The summed E-state index contributed by atoms with van der Waals surface area (Å²) in [6, 6.07) is 25.2. The Bertz CT molecular complexity index is 1830. The Morgan fingerprint density at radius 1 is 0.872 bits per heavy atom. The number of carbonyl (C=O) groups is 2. The van der Waals surface area contributed by atoms with Crippen LogP contribution in [0, 0.1) is 10.1 Å². The highest BCUT2D eigenvalue weighted by molar-refractivity contribution is 7.92. The van der Waals surface area contributed by atoms with E-state index < -0.39 is 39.3 Å². The SMILES string of the molecule is CC[C@H](C)NC(=O)[C@H](Cc1ccccc1)N(Cc1ccc(Cl)c(Cl)c1)C(=O)CN(c1cccc([N+](=O)[O-])c1)S(=O)(=O)c1ccccc1. The van der Waals surface area contributed by atoms with Gasteiger partial charge in [0.25, 0.3) is 15.7 Å². The highest BCUT2D eigenvalue weighted by atomic mass is 35.5. The number of benzene rings is 4. The Balaban J connectivity index is 1.84. The molecule has 0 aliphatic heterocycles. The molecule has 2 amide bonds. The van der Waals surface area contributed by atoms with Crippen molar-refractivity contribution in [1.29, 1.82) is 0 Å². The van der Waals surface area contributed by atoms with Crippen molar-refractivity contribution >= 4 is 56.4 Å². The van der Waals surface area contributed by atoms with Gasteiger partial charge in [0.05, 0.1) is 25.6 Å². The van der Waals surface area contributed by atoms with Gasteiger partial charge in [-0.25, -0.2) is 8.42 Å². The number of halogens is 2. The van der Waals surface area contributed by atoms with Gasteiger partial charge >= 0.3 is 0 Å². The lowest BCUT2D eigenvalue weighted by Crippen LogP contribution is -2.54. The number of non-ortho nitro benzene ring substituents is 1. The van der Waals surface area contributed by atoms with Gasteiger partial charge in [0.15, 0.2) is 0 Å². The molecule has 0 unspecified atom stereocenters. The highest BCUT2D eigenvalue weighted by Crippen LogP contribution is 2.29. The Hall–Kier alpha value is -4.45. The molecule has 0 aliphatic carbocycles. The quantitative estimate of drug-likeness (QED) is 0.116. The number of sulfonamides is 1. The summed E-state index contributed by atoms with van der Waals surface area (Å²) in [6.07, 6.45) is 0.763. The molecule has 47 heavy (non-hydrogen) atoms. The fourth-order valence-corrected chi connectivity index (χ4v) is 6.59. The number of nitro groups is 1. The van der Waals surface area contributed by atoms with Crippen molar-refractivity contribution in [1.82, 2.24) is 10.2 Å². The number of hydrogen-bond acceptors (Lipinski definition) is 6. The predicted octanol–water partition coefficient (Wildman–Crippen LogP) is 6.65. The van der Waals surface area contributed by atoms with Crippen LogP contribution in [0.5, 0.6) is 0 Å². The summed E-state index contributed by atoms with van der Waals surface area (Å²) < 4.78 is 29.0. The van der Waals surface area contributed by atoms with Gasteiger partial charge in [0, 0.05) is 31.1 Å². The maximum atomic E-state index is 14.5. The molecular formula is C34H34Cl2N4O6S. The summed E-state index contributed by atoms with van der Waals surface area (Å²) in [4.78, 5) is 40.6. The molecule has 2 atom stereocenters. The van der Waals surface area contributed by atoms with Crippen molar-refractivity contribution in [2.75, 3.05) is 10.8 Å². The maximum Gasteiger partial charge on any atom is 0.271 e. The van der Waals surface area contributed by atoms with Gasteiger partial charge in [0.1, 0.15) is 12.6 Å². The number of hydrogen-bond donors (Lipinski definition) is 1. The van der Waals surface area contributed by atoms with Crippen molar-refractivity contribution in [3.63, 3.8) is 0 Å². The first kappa shape index (κ1) is 35.4. The van der Waals surface area contributed by atoms with Crippen molar-refractivity contribution in [2.45, 2.75) is 50.2 Å². The predicted molar refractivity (Wildman–Crippen MR) is 183 cm³/mol. The topological polar surface area (TPSA) is 130 Å². The molecule has 0 radical (unpaired) electrons. The van der Waals surface area contributed by atoms with Gasteiger partial charge in [-0.1, -0.05) is 90.8 Å². The molecule has 1 N–H and O–H groups in total. The molecule has 0 spiro atoms. The van der Waals surface area contributed by atoms with Gasteiger partial charge < -0.3 is 10.2 Å². The molecular weight excluding hydrogens is 663 g/mol. The average Bonchev–Trinajstić information content (AvgIpc) is 3.07. The third kappa shape index (κ3) is 9.09. The second-order valence-electron chi connectivity index (χ2n) is 10.9. The van der Waals surface area contributed by atoms with Crippen molar-refractivity contribution in [3.05, 3.63) is 134 Å². The number of rotatable bonds is 14. The maximum absolute atomic E-state index is 14.5. The van der Waals surface area contributed by atoms with Gasteiger partial charge in [-0.2, -0.15) is 0 Å². The monoisotopic (exact) mass is 696 g/mol. The van der Waals surface area contributed by atoms with Crippen LogP contribution in [0.25, 0.3) is 0 Å². The van der Waals surface area contributed by atoms with E-state index in [1.54, 1.807) is 24.3 Å². The summed E-state index contributed by atoms with van der Waals surface area (Å²) in [7, 11) is -4.41. The molecule has 0 bridgehead atoms. The van der Waals surface area contributed by atoms with Crippen LogP contribution < -0.4 is 9.62 Å². The summed E-state index contributed by atoms with van der Waals surface area (Å²) in [5.41, 5.74) is 0.881. The van der Waals surface area contributed by atoms with Gasteiger partial charge in [-0.3, -0.25) is 24.0 Å². The Kier molecular flexibility index (Phi) is 12.0. The molecule has 0 saturated heterocycles. The van der Waals surface area contributed by atoms with Gasteiger partial charge in [-0.15, -0.1) is 0 Å². The first-order valence-corrected chi connectivity index (χ1v) is 17.0. The zero-order valence-corrected chi connectivity index (χ0v) is 28.1. The molecule has 246 valence electrons. The Morgan fingerprint density at radius 2 is 1.53 bits per heavy atom.